The molecule has 15 heavy (non-hydrogen) atoms. The van der Waals surface area contributed by atoms with Crippen LogP contribution in [0, 0.1) is 17.8 Å². The molecule has 2 aliphatic rings. The normalized spacial score (nSPS) is 45.8. The molecule has 0 bridgehead atoms. The molecule has 2 fully saturated rings. The third-order valence-electron chi connectivity index (χ3n) is 4.10. The maximum atomic E-state index is 5.78. The highest BCUT2D eigenvalue weighted by Gasteiger charge is 2.56. The summed E-state index contributed by atoms with van der Waals surface area (Å²) in [7, 11) is 2.14. The number of piperidine rings is 1. The van der Waals surface area contributed by atoms with E-state index in [-0.39, 0.29) is 11.0 Å². The highest BCUT2D eigenvalue weighted by atomic mass is 15.2. The Balaban J connectivity index is 2.41. The van der Waals surface area contributed by atoms with Crippen LogP contribution in [-0.4, -0.2) is 36.6 Å². The van der Waals surface area contributed by atoms with Crippen LogP contribution in [0.5, 0.6) is 0 Å². The molecule has 2 heteroatoms. The van der Waals surface area contributed by atoms with Crippen LogP contribution in [0.25, 0.3) is 0 Å². The van der Waals surface area contributed by atoms with Crippen molar-refractivity contribution in [3.05, 3.63) is 12.7 Å². The van der Waals surface area contributed by atoms with Crippen molar-refractivity contribution in [1.82, 2.24) is 10.2 Å². The van der Waals surface area contributed by atoms with E-state index >= 15 is 0 Å². The molecule has 3 atom stereocenters. The number of fused-ring (bicyclic) bond motifs is 1. The SMILES string of the molecule is C#C[C@]12CN(C)CC[C@@]1(C=C)CC(C)N2. The van der Waals surface area contributed by atoms with Crippen LogP contribution in [0.15, 0.2) is 12.7 Å². The van der Waals surface area contributed by atoms with Gasteiger partial charge in [0.25, 0.3) is 0 Å². The molecule has 0 spiro atoms. The molecule has 0 aromatic heterocycles. The Morgan fingerprint density at radius 1 is 1.67 bits per heavy atom. The van der Waals surface area contributed by atoms with Crippen molar-refractivity contribution < 1.29 is 0 Å². The predicted octanol–water partition coefficient (Wildman–Crippen LogP) is 1.25. The van der Waals surface area contributed by atoms with Gasteiger partial charge < -0.3 is 4.90 Å². The molecule has 2 rings (SSSR count). The molecule has 2 heterocycles. The smallest absolute Gasteiger partial charge is 0.102 e. The Bertz CT molecular complexity index is 317. The van der Waals surface area contributed by atoms with Crippen molar-refractivity contribution >= 4 is 0 Å². The molecule has 0 amide bonds. The number of terminal acetylenes is 1. The third-order valence-corrected chi connectivity index (χ3v) is 4.10. The number of likely N-dealkylation sites (tertiary alicyclic amines) is 1. The Morgan fingerprint density at radius 3 is 3.00 bits per heavy atom. The number of likely N-dealkylation sites (N-methyl/N-ethyl adjacent to an activating group) is 1. The van der Waals surface area contributed by atoms with Gasteiger partial charge in [0.2, 0.25) is 0 Å². The van der Waals surface area contributed by atoms with Gasteiger partial charge in [0.15, 0.2) is 0 Å². The standard InChI is InChI=1S/C13H20N2/c1-5-12-7-8-15(4)10-13(12,6-2)14-11(3)9-12/h2,5,11,14H,1,7-10H2,3-4H3/t11?,12-,13-/m0/s1. The average molecular weight is 204 g/mol. The maximum Gasteiger partial charge on any atom is 0.102 e. The van der Waals surface area contributed by atoms with Crippen LogP contribution in [0.4, 0.5) is 0 Å². The number of nitrogens with one attached hydrogen (secondary N) is 1. The first kappa shape index (κ1) is 10.7. The number of hydrogen-bond acceptors (Lipinski definition) is 2. The van der Waals surface area contributed by atoms with Crippen LogP contribution in [0.3, 0.4) is 0 Å². The number of nitrogens with zero attached hydrogens (tertiary/aromatic N) is 1. The van der Waals surface area contributed by atoms with E-state index in [9.17, 15) is 0 Å². The number of hydrogen-bond donors (Lipinski definition) is 1. The summed E-state index contributed by atoms with van der Waals surface area (Å²) >= 11 is 0. The van der Waals surface area contributed by atoms with Crippen LogP contribution < -0.4 is 5.32 Å². The summed E-state index contributed by atoms with van der Waals surface area (Å²) in [6, 6.07) is 0.491. The van der Waals surface area contributed by atoms with Crippen LogP contribution in [0.1, 0.15) is 19.8 Å². The van der Waals surface area contributed by atoms with Gasteiger partial charge in [-0.25, -0.2) is 0 Å². The van der Waals surface area contributed by atoms with Crippen molar-refractivity contribution in [2.45, 2.75) is 31.3 Å². The van der Waals surface area contributed by atoms with Gasteiger partial charge in [0.05, 0.1) is 0 Å². The summed E-state index contributed by atoms with van der Waals surface area (Å²) in [5.74, 6) is 3.01. The lowest BCUT2D eigenvalue weighted by Crippen LogP contribution is -2.61. The molecular formula is C13H20N2. The van der Waals surface area contributed by atoms with Gasteiger partial charge in [-0.05, 0) is 33.4 Å². The van der Waals surface area contributed by atoms with E-state index < -0.39 is 0 Å². The predicted molar refractivity (Wildman–Crippen MR) is 63.5 cm³/mol. The summed E-state index contributed by atoms with van der Waals surface area (Å²) in [5.41, 5.74) is -0.0884. The van der Waals surface area contributed by atoms with E-state index in [4.69, 9.17) is 6.42 Å². The lowest BCUT2D eigenvalue weighted by molar-refractivity contribution is 0.105. The van der Waals surface area contributed by atoms with Gasteiger partial charge in [-0.3, -0.25) is 5.32 Å². The zero-order valence-corrected chi connectivity index (χ0v) is 9.71. The average Bonchev–Trinajstić information content (AvgIpc) is 2.51. The van der Waals surface area contributed by atoms with E-state index in [1.54, 1.807) is 0 Å². The summed E-state index contributed by atoms with van der Waals surface area (Å²) in [4.78, 5) is 2.31. The highest BCUT2D eigenvalue weighted by Crippen LogP contribution is 2.48. The molecule has 0 radical (unpaired) electrons. The molecule has 1 unspecified atom stereocenters. The van der Waals surface area contributed by atoms with Crippen molar-refractivity contribution in [2.75, 3.05) is 20.1 Å². The molecule has 2 aliphatic heterocycles. The Labute approximate surface area is 92.7 Å². The largest absolute Gasteiger partial charge is 0.303 e. The van der Waals surface area contributed by atoms with Crippen LogP contribution in [0.2, 0.25) is 0 Å². The first-order chi connectivity index (χ1) is 7.07. The van der Waals surface area contributed by atoms with E-state index in [1.807, 2.05) is 0 Å². The second-order valence-electron chi connectivity index (χ2n) is 5.15. The van der Waals surface area contributed by atoms with Gasteiger partial charge in [0, 0.05) is 18.0 Å². The van der Waals surface area contributed by atoms with Gasteiger partial charge in [-0.15, -0.1) is 13.0 Å². The fourth-order valence-electron chi connectivity index (χ4n) is 3.32. The van der Waals surface area contributed by atoms with Crippen molar-refractivity contribution in [3.63, 3.8) is 0 Å². The zero-order valence-electron chi connectivity index (χ0n) is 9.71. The topological polar surface area (TPSA) is 15.3 Å². The lowest BCUT2D eigenvalue weighted by Gasteiger charge is -2.47. The van der Waals surface area contributed by atoms with E-state index in [1.165, 1.54) is 0 Å². The second kappa shape index (κ2) is 3.37. The molecular weight excluding hydrogens is 184 g/mol. The van der Waals surface area contributed by atoms with Crippen molar-refractivity contribution in [2.24, 2.45) is 5.41 Å². The molecule has 2 saturated heterocycles. The fraction of sp³-hybridized carbons (Fsp3) is 0.692. The summed E-state index contributed by atoms with van der Waals surface area (Å²) in [6.45, 7) is 8.27. The second-order valence-corrected chi connectivity index (χ2v) is 5.15. The minimum atomic E-state index is -0.193. The summed E-state index contributed by atoms with van der Waals surface area (Å²) < 4.78 is 0. The summed E-state index contributed by atoms with van der Waals surface area (Å²) in [6.07, 6.45) is 10.1. The fourth-order valence-corrected chi connectivity index (χ4v) is 3.32. The quantitative estimate of drug-likeness (QED) is 0.511. The van der Waals surface area contributed by atoms with Crippen molar-refractivity contribution in [1.29, 1.82) is 0 Å². The van der Waals surface area contributed by atoms with Crippen LogP contribution >= 0.6 is 0 Å². The molecule has 0 saturated carbocycles. The maximum absolute atomic E-state index is 5.78. The molecule has 0 aromatic carbocycles. The molecule has 0 aliphatic carbocycles. The van der Waals surface area contributed by atoms with Gasteiger partial charge in [0.1, 0.15) is 5.54 Å². The monoisotopic (exact) mass is 204 g/mol. The van der Waals surface area contributed by atoms with Gasteiger partial charge >= 0.3 is 0 Å². The molecule has 0 aromatic rings. The molecule has 2 nitrogen and oxygen atoms in total. The number of rotatable bonds is 1. The van der Waals surface area contributed by atoms with Crippen LogP contribution in [-0.2, 0) is 0 Å². The Morgan fingerprint density at radius 2 is 2.40 bits per heavy atom. The first-order valence-corrected chi connectivity index (χ1v) is 5.65. The Hall–Kier alpha value is -0.780. The first-order valence-electron chi connectivity index (χ1n) is 5.65. The minimum Gasteiger partial charge on any atom is -0.303 e. The highest BCUT2D eigenvalue weighted by molar-refractivity contribution is 5.32. The van der Waals surface area contributed by atoms with Crippen molar-refractivity contribution in [3.8, 4) is 12.3 Å². The zero-order chi connectivity index (χ0) is 11.1. The van der Waals surface area contributed by atoms with Gasteiger partial charge in [-0.2, -0.15) is 0 Å². The lowest BCUT2D eigenvalue weighted by atomic mass is 9.66. The van der Waals surface area contributed by atoms with E-state index in [0.29, 0.717) is 6.04 Å². The van der Waals surface area contributed by atoms with Gasteiger partial charge in [-0.1, -0.05) is 12.0 Å². The third kappa shape index (κ3) is 1.34. The Kier molecular flexibility index (Phi) is 2.41. The van der Waals surface area contributed by atoms with E-state index in [0.717, 1.165) is 25.9 Å². The molecule has 1 N–H and O–H groups in total. The summed E-state index contributed by atoms with van der Waals surface area (Å²) in [5, 5.41) is 3.59. The minimum absolute atomic E-state index is 0.105. The molecule has 82 valence electrons. The van der Waals surface area contributed by atoms with E-state index in [2.05, 4.69) is 42.8 Å².